The van der Waals surface area contributed by atoms with Gasteiger partial charge in [0, 0.05) is 19.6 Å². The van der Waals surface area contributed by atoms with E-state index >= 15 is 0 Å². The third-order valence-electron chi connectivity index (χ3n) is 4.62. The van der Waals surface area contributed by atoms with Crippen molar-refractivity contribution in [2.24, 2.45) is 11.8 Å². The molecule has 0 aromatic carbocycles. The van der Waals surface area contributed by atoms with E-state index in [1.54, 1.807) is 0 Å². The smallest absolute Gasteiger partial charge is 0.317 e. The first-order valence-electron chi connectivity index (χ1n) is 7.97. The average molecular weight is 298 g/mol. The fraction of sp³-hybridized carbons (Fsp3) is 0.867. The van der Waals surface area contributed by atoms with Crippen LogP contribution in [0.3, 0.4) is 0 Å². The van der Waals surface area contributed by atoms with Crippen molar-refractivity contribution >= 4 is 12.0 Å². The fourth-order valence-corrected chi connectivity index (χ4v) is 3.11. The van der Waals surface area contributed by atoms with Crippen LogP contribution in [0.4, 0.5) is 4.79 Å². The van der Waals surface area contributed by atoms with Gasteiger partial charge in [0.2, 0.25) is 0 Å². The summed E-state index contributed by atoms with van der Waals surface area (Å²) in [6, 6.07) is -0.0166. The third kappa shape index (κ3) is 4.59. The number of nitrogens with zero attached hydrogens (tertiary/aromatic N) is 1. The van der Waals surface area contributed by atoms with Crippen LogP contribution in [0.15, 0.2) is 0 Å². The van der Waals surface area contributed by atoms with E-state index in [1.807, 2.05) is 4.90 Å². The van der Waals surface area contributed by atoms with Crippen LogP contribution >= 0.6 is 0 Å². The fourth-order valence-electron chi connectivity index (χ4n) is 3.11. The normalized spacial score (nSPS) is 30.0. The van der Waals surface area contributed by atoms with Crippen molar-refractivity contribution in [3.8, 4) is 0 Å². The number of amides is 2. The minimum absolute atomic E-state index is 0.0166. The van der Waals surface area contributed by atoms with Gasteiger partial charge in [-0.1, -0.05) is 6.92 Å². The number of hydrogen-bond donors (Lipinski definition) is 2. The Kier molecular flexibility index (Phi) is 5.85. The molecule has 1 aliphatic carbocycles. The Bertz CT molecular complexity index is 367. The number of rotatable bonds is 4. The van der Waals surface area contributed by atoms with Gasteiger partial charge < -0.3 is 20.1 Å². The Morgan fingerprint density at radius 3 is 2.62 bits per heavy atom. The Hall–Kier alpha value is -1.30. The summed E-state index contributed by atoms with van der Waals surface area (Å²) in [6.07, 6.45) is 4.30. The summed E-state index contributed by atoms with van der Waals surface area (Å²) < 4.78 is 5.56. The van der Waals surface area contributed by atoms with Crippen LogP contribution in [0.5, 0.6) is 0 Å². The Morgan fingerprint density at radius 1 is 1.29 bits per heavy atom. The highest BCUT2D eigenvalue weighted by molar-refractivity contribution is 5.74. The molecule has 2 aliphatic rings. The zero-order valence-corrected chi connectivity index (χ0v) is 12.7. The maximum Gasteiger partial charge on any atom is 0.317 e. The van der Waals surface area contributed by atoms with Crippen molar-refractivity contribution in [3.63, 3.8) is 0 Å². The van der Waals surface area contributed by atoms with Gasteiger partial charge in [-0.25, -0.2) is 4.79 Å². The number of urea groups is 1. The Morgan fingerprint density at radius 2 is 2.00 bits per heavy atom. The van der Waals surface area contributed by atoms with Crippen LogP contribution in [0, 0.1) is 11.8 Å². The van der Waals surface area contributed by atoms with E-state index in [1.165, 1.54) is 0 Å². The molecular formula is C15H26N2O4. The van der Waals surface area contributed by atoms with Crippen LogP contribution in [0.2, 0.25) is 0 Å². The molecule has 6 heteroatoms. The predicted octanol–water partition coefficient (Wildman–Crippen LogP) is 1.70. The highest BCUT2D eigenvalue weighted by atomic mass is 16.5. The molecule has 2 amide bonds. The summed E-state index contributed by atoms with van der Waals surface area (Å²) in [4.78, 5) is 24.9. The van der Waals surface area contributed by atoms with Crippen LogP contribution in [-0.4, -0.2) is 54.4 Å². The van der Waals surface area contributed by atoms with Gasteiger partial charge in [-0.15, -0.1) is 0 Å². The summed E-state index contributed by atoms with van der Waals surface area (Å²) in [5.74, 6) is -0.467. The molecule has 1 heterocycles. The lowest BCUT2D eigenvalue weighted by Crippen LogP contribution is -2.50. The molecular weight excluding hydrogens is 272 g/mol. The van der Waals surface area contributed by atoms with E-state index in [4.69, 9.17) is 9.84 Å². The summed E-state index contributed by atoms with van der Waals surface area (Å²) in [6.45, 7) is 4.63. The number of nitrogens with one attached hydrogen (secondary N) is 1. The topological polar surface area (TPSA) is 78.9 Å². The van der Waals surface area contributed by atoms with E-state index in [0.717, 1.165) is 32.1 Å². The summed E-state index contributed by atoms with van der Waals surface area (Å²) in [5, 5.41) is 12.0. The molecule has 6 nitrogen and oxygen atoms in total. The molecule has 1 saturated heterocycles. The van der Waals surface area contributed by atoms with Crippen molar-refractivity contribution in [3.05, 3.63) is 0 Å². The molecule has 2 rings (SSSR count). The molecule has 1 atom stereocenters. The van der Waals surface area contributed by atoms with E-state index in [0.29, 0.717) is 32.2 Å². The number of aliphatic carboxylic acids is 1. The number of ether oxygens (including phenoxy) is 1. The second kappa shape index (κ2) is 7.64. The second-order valence-electron chi connectivity index (χ2n) is 6.09. The highest BCUT2D eigenvalue weighted by Crippen LogP contribution is 2.28. The minimum Gasteiger partial charge on any atom is -0.481 e. The molecule has 0 bridgehead atoms. The molecule has 1 saturated carbocycles. The Labute approximate surface area is 125 Å². The number of carbonyl (C=O) groups excluding carboxylic acids is 1. The molecule has 0 aromatic heterocycles. The lowest BCUT2D eigenvalue weighted by Gasteiger charge is -2.33. The quantitative estimate of drug-likeness (QED) is 0.828. The SMILES string of the molecule is CCC1CN(C(=O)NCC2CCC(C(=O)O)CC2)CCO1. The monoisotopic (exact) mass is 298 g/mol. The van der Waals surface area contributed by atoms with Gasteiger partial charge in [0.05, 0.1) is 18.6 Å². The van der Waals surface area contributed by atoms with Crippen molar-refractivity contribution in [1.29, 1.82) is 0 Å². The molecule has 1 aliphatic heterocycles. The second-order valence-corrected chi connectivity index (χ2v) is 6.09. The van der Waals surface area contributed by atoms with Gasteiger partial charge in [-0.2, -0.15) is 0 Å². The van der Waals surface area contributed by atoms with Crippen molar-refractivity contribution in [1.82, 2.24) is 10.2 Å². The van der Waals surface area contributed by atoms with E-state index in [9.17, 15) is 9.59 Å². The lowest BCUT2D eigenvalue weighted by molar-refractivity contribution is -0.143. The number of carboxylic acids is 1. The first-order chi connectivity index (χ1) is 10.1. The molecule has 2 fully saturated rings. The van der Waals surface area contributed by atoms with E-state index < -0.39 is 5.97 Å². The first-order valence-corrected chi connectivity index (χ1v) is 7.97. The van der Waals surface area contributed by atoms with Crippen LogP contribution in [0.25, 0.3) is 0 Å². The zero-order chi connectivity index (χ0) is 15.2. The number of carboxylic acid groups (broad SMARTS) is 1. The van der Waals surface area contributed by atoms with Crippen molar-refractivity contribution in [2.45, 2.75) is 45.1 Å². The van der Waals surface area contributed by atoms with Gasteiger partial charge in [0.25, 0.3) is 0 Å². The molecule has 120 valence electrons. The molecule has 2 N–H and O–H groups in total. The lowest BCUT2D eigenvalue weighted by atomic mass is 9.82. The maximum absolute atomic E-state index is 12.1. The number of morpholine rings is 1. The van der Waals surface area contributed by atoms with Crippen LogP contribution < -0.4 is 5.32 Å². The summed E-state index contributed by atoms with van der Waals surface area (Å²) in [7, 11) is 0. The van der Waals surface area contributed by atoms with Crippen LogP contribution in [-0.2, 0) is 9.53 Å². The molecule has 0 spiro atoms. The average Bonchev–Trinajstić information content (AvgIpc) is 2.53. The van der Waals surface area contributed by atoms with Gasteiger partial charge in [0.15, 0.2) is 0 Å². The van der Waals surface area contributed by atoms with Gasteiger partial charge >= 0.3 is 12.0 Å². The molecule has 0 radical (unpaired) electrons. The minimum atomic E-state index is -0.684. The zero-order valence-electron chi connectivity index (χ0n) is 12.7. The van der Waals surface area contributed by atoms with Gasteiger partial charge in [-0.3, -0.25) is 4.79 Å². The van der Waals surface area contributed by atoms with E-state index in [2.05, 4.69) is 12.2 Å². The van der Waals surface area contributed by atoms with Gasteiger partial charge in [-0.05, 0) is 38.0 Å². The van der Waals surface area contributed by atoms with Gasteiger partial charge in [0.1, 0.15) is 0 Å². The number of hydrogen-bond acceptors (Lipinski definition) is 3. The summed E-state index contributed by atoms with van der Waals surface area (Å²) >= 11 is 0. The van der Waals surface area contributed by atoms with Crippen LogP contribution in [0.1, 0.15) is 39.0 Å². The predicted molar refractivity (Wildman–Crippen MR) is 78.1 cm³/mol. The highest BCUT2D eigenvalue weighted by Gasteiger charge is 2.27. The Balaban J connectivity index is 1.68. The van der Waals surface area contributed by atoms with Crippen molar-refractivity contribution < 1.29 is 19.4 Å². The maximum atomic E-state index is 12.1. The van der Waals surface area contributed by atoms with E-state index in [-0.39, 0.29) is 18.1 Å². The third-order valence-corrected chi connectivity index (χ3v) is 4.62. The summed E-state index contributed by atoms with van der Waals surface area (Å²) in [5.41, 5.74) is 0. The molecule has 1 unspecified atom stereocenters. The largest absolute Gasteiger partial charge is 0.481 e. The molecule has 0 aromatic rings. The van der Waals surface area contributed by atoms with Crippen molar-refractivity contribution in [2.75, 3.05) is 26.2 Å². The molecule has 21 heavy (non-hydrogen) atoms. The standard InChI is InChI=1S/C15H26N2O4/c1-2-13-10-17(7-8-21-13)15(20)16-9-11-3-5-12(6-4-11)14(18)19/h11-13H,2-10H2,1H3,(H,16,20)(H,18,19). The first kappa shape index (κ1) is 16.1. The number of carbonyl (C=O) groups is 2.